The summed E-state index contributed by atoms with van der Waals surface area (Å²) in [5.41, 5.74) is 0.184. The zero-order valence-electron chi connectivity index (χ0n) is 13.9. The molecule has 0 saturated carbocycles. The van der Waals surface area contributed by atoms with Crippen LogP contribution in [0.1, 0.15) is 20.3 Å². The number of benzene rings is 1. The summed E-state index contributed by atoms with van der Waals surface area (Å²) in [6, 6.07) is 4.10. The number of nitrogens with zero attached hydrogens (tertiary/aromatic N) is 3. The van der Waals surface area contributed by atoms with Gasteiger partial charge in [-0.05, 0) is 30.4 Å². The molecule has 1 fully saturated rings. The predicted molar refractivity (Wildman–Crippen MR) is 89.1 cm³/mol. The lowest BCUT2D eigenvalue weighted by atomic mass is 9.94. The fourth-order valence-corrected chi connectivity index (χ4v) is 4.84. The molecular formula is C15H23N3O4S. The number of sulfonamides is 1. The fraction of sp³-hybridized carbons (Fsp3) is 0.600. The topological polar surface area (TPSA) is 83.8 Å². The zero-order valence-corrected chi connectivity index (χ0v) is 14.7. The third kappa shape index (κ3) is 3.64. The van der Waals surface area contributed by atoms with Gasteiger partial charge in [-0.15, -0.1) is 0 Å². The highest BCUT2D eigenvalue weighted by atomic mass is 32.2. The number of hydrogen-bond acceptors (Lipinski definition) is 5. The number of rotatable bonds is 4. The molecule has 1 aromatic rings. The minimum atomic E-state index is -3.72. The van der Waals surface area contributed by atoms with E-state index in [-0.39, 0.29) is 22.4 Å². The third-order valence-electron chi connectivity index (χ3n) is 4.10. The number of hydrogen-bond donors (Lipinski definition) is 0. The second-order valence-corrected chi connectivity index (χ2v) is 8.51. The van der Waals surface area contributed by atoms with Crippen molar-refractivity contribution < 1.29 is 13.3 Å². The summed E-state index contributed by atoms with van der Waals surface area (Å²) < 4.78 is 27.1. The van der Waals surface area contributed by atoms with E-state index in [1.165, 1.54) is 16.4 Å². The van der Waals surface area contributed by atoms with E-state index in [9.17, 15) is 18.5 Å². The third-order valence-corrected chi connectivity index (χ3v) is 5.93. The molecule has 2 rings (SSSR count). The van der Waals surface area contributed by atoms with E-state index in [1.54, 1.807) is 19.0 Å². The molecule has 0 aliphatic carbocycles. The van der Waals surface area contributed by atoms with E-state index >= 15 is 0 Å². The molecule has 1 aliphatic heterocycles. The highest BCUT2D eigenvalue weighted by Gasteiger charge is 2.33. The van der Waals surface area contributed by atoms with Crippen LogP contribution in [-0.4, -0.2) is 44.8 Å². The molecule has 1 aromatic carbocycles. The molecule has 1 heterocycles. The monoisotopic (exact) mass is 341 g/mol. The van der Waals surface area contributed by atoms with Crippen molar-refractivity contribution in [2.75, 3.05) is 32.1 Å². The highest BCUT2D eigenvalue weighted by Crippen LogP contribution is 2.32. The van der Waals surface area contributed by atoms with Gasteiger partial charge < -0.3 is 4.90 Å². The number of anilines is 1. The van der Waals surface area contributed by atoms with Gasteiger partial charge in [0.05, 0.1) is 9.82 Å². The summed E-state index contributed by atoms with van der Waals surface area (Å²) in [7, 11) is -0.346. The Morgan fingerprint density at radius 3 is 2.26 bits per heavy atom. The van der Waals surface area contributed by atoms with Gasteiger partial charge >= 0.3 is 0 Å². The Bertz CT molecular complexity index is 693. The van der Waals surface area contributed by atoms with Crippen LogP contribution in [0.15, 0.2) is 23.1 Å². The van der Waals surface area contributed by atoms with Gasteiger partial charge in [-0.3, -0.25) is 10.1 Å². The SMILES string of the molecule is C[C@H]1C[C@H](C)CN(S(=O)(=O)c2ccc(N(C)C)c([N+](=O)[O-])c2)C1. The van der Waals surface area contributed by atoms with Crippen molar-refractivity contribution in [2.24, 2.45) is 11.8 Å². The first-order chi connectivity index (χ1) is 10.6. The van der Waals surface area contributed by atoms with Crippen LogP contribution in [0, 0.1) is 22.0 Å². The molecule has 0 radical (unpaired) electrons. The molecule has 7 nitrogen and oxygen atoms in total. The van der Waals surface area contributed by atoms with Crippen LogP contribution in [0.2, 0.25) is 0 Å². The van der Waals surface area contributed by atoms with Crippen molar-refractivity contribution in [1.29, 1.82) is 0 Å². The average Bonchev–Trinajstić information content (AvgIpc) is 2.45. The van der Waals surface area contributed by atoms with Gasteiger partial charge in [0.15, 0.2) is 0 Å². The molecule has 0 unspecified atom stereocenters. The molecule has 1 aliphatic rings. The molecule has 0 N–H and O–H groups in total. The van der Waals surface area contributed by atoms with Crippen molar-refractivity contribution >= 4 is 21.4 Å². The molecule has 0 bridgehead atoms. The van der Waals surface area contributed by atoms with E-state index in [2.05, 4.69) is 0 Å². The van der Waals surface area contributed by atoms with Crippen LogP contribution >= 0.6 is 0 Å². The summed E-state index contributed by atoms with van der Waals surface area (Å²) in [6.07, 6.45) is 0.992. The number of piperidine rings is 1. The molecule has 23 heavy (non-hydrogen) atoms. The standard InChI is InChI=1S/C15H23N3O4S/c1-11-7-12(2)10-17(9-11)23(21,22)13-5-6-14(16(3)4)15(8-13)18(19)20/h5-6,8,11-12H,7,9-10H2,1-4H3/t11-,12-/m0/s1. The van der Waals surface area contributed by atoms with Gasteiger partial charge in [0.1, 0.15) is 5.69 Å². The summed E-state index contributed by atoms with van der Waals surface area (Å²) in [4.78, 5) is 12.3. The summed E-state index contributed by atoms with van der Waals surface area (Å²) in [6.45, 7) is 4.96. The molecular weight excluding hydrogens is 318 g/mol. The molecule has 0 aromatic heterocycles. The first kappa shape index (κ1) is 17.7. The maximum Gasteiger partial charge on any atom is 0.293 e. The summed E-state index contributed by atoms with van der Waals surface area (Å²) in [5.74, 6) is 0.564. The Morgan fingerprint density at radius 1 is 1.22 bits per heavy atom. The molecule has 0 spiro atoms. The van der Waals surface area contributed by atoms with E-state index in [1.807, 2.05) is 13.8 Å². The molecule has 128 valence electrons. The Balaban J connectivity index is 2.44. The normalized spacial score (nSPS) is 22.8. The lowest BCUT2D eigenvalue weighted by Gasteiger charge is -2.34. The molecule has 2 atom stereocenters. The van der Waals surface area contributed by atoms with Crippen molar-refractivity contribution in [3.8, 4) is 0 Å². The van der Waals surface area contributed by atoms with Gasteiger partial charge in [-0.25, -0.2) is 8.42 Å². The Hall–Kier alpha value is -1.67. The molecule has 0 amide bonds. The van der Waals surface area contributed by atoms with Crippen LogP contribution in [0.5, 0.6) is 0 Å². The van der Waals surface area contributed by atoms with Gasteiger partial charge in [0, 0.05) is 33.3 Å². The van der Waals surface area contributed by atoms with Gasteiger partial charge in [0.2, 0.25) is 10.0 Å². The van der Waals surface area contributed by atoms with Crippen LogP contribution in [0.4, 0.5) is 11.4 Å². The second kappa shape index (κ2) is 6.45. The molecule has 8 heteroatoms. The summed E-state index contributed by atoms with van der Waals surface area (Å²) in [5, 5.41) is 11.3. The summed E-state index contributed by atoms with van der Waals surface area (Å²) >= 11 is 0. The second-order valence-electron chi connectivity index (χ2n) is 6.57. The van der Waals surface area contributed by atoms with E-state index in [0.29, 0.717) is 18.8 Å². The van der Waals surface area contributed by atoms with Crippen LogP contribution in [0.25, 0.3) is 0 Å². The molecule has 1 saturated heterocycles. The maximum atomic E-state index is 12.8. The van der Waals surface area contributed by atoms with Crippen LogP contribution in [0.3, 0.4) is 0 Å². The Kier molecular flexibility index (Phi) is 4.95. The highest BCUT2D eigenvalue weighted by molar-refractivity contribution is 7.89. The Labute approximate surface area is 137 Å². The van der Waals surface area contributed by atoms with Gasteiger partial charge in [-0.2, -0.15) is 4.31 Å². The predicted octanol–water partition coefficient (Wildman–Crippen LogP) is 2.33. The zero-order chi connectivity index (χ0) is 17.4. The van der Waals surface area contributed by atoms with Gasteiger partial charge in [0.25, 0.3) is 5.69 Å². The fourth-order valence-electron chi connectivity index (χ4n) is 3.14. The quantitative estimate of drug-likeness (QED) is 0.620. The first-order valence-corrected chi connectivity index (χ1v) is 9.03. The van der Waals surface area contributed by atoms with Gasteiger partial charge in [-0.1, -0.05) is 13.8 Å². The smallest absolute Gasteiger partial charge is 0.293 e. The van der Waals surface area contributed by atoms with Crippen LogP contribution in [-0.2, 0) is 10.0 Å². The lowest BCUT2D eigenvalue weighted by Crippen LogP contribution is -2.42. The minimum Gasteiger partial charge on any atom is -0.372 e. The van der Waals surface area contributed by atoms with Crippen molar-refractivity contribution in [3.63, 3.8) is 0 Å². The van der Waals surface area contributed by atoms with E-state index in [0.717, 1.165) is 12.5 Å². The average molecular weight is 341 g/mol. The number of nitro benzene ring substituents is 1. The van der Waals surface area contributed by atoms with Crippen molar-refractivity contribution in [2.45, 2.75) is 25.2 Å². The first-order valence-electron chi connectivity index (χ1n) is 7.59. The van der Waals surface area contributed by atoms with Crippen molar-refractivity contribution in [1.82, 2.24) is 4.31 Å². The number of nitro groups is 1. The van der Waals surface area contributed by atoms with Crippen molar-refractivity contribution in [3.05, 3.63) is 28.3 Å². The van der Waals surface area contributed by atoms with E-state index in [4.69, 9.17) is 0 Å². The largest absolute Gasteiger partial charge is 0.372 e. The van der Waals surface area contributed by atoms with Crippen LogP contribution < -0.4 is 4.90 Å². The van der Waals surface area contributed by atoms with E-state index < -0.39 is 14.9 Å². The minimum absolute atomic E-state index is 0.0175. The maximum absolute atomic E-state index is 12.8. The Morgan fingerprint density at radius 2 is 1.78 bits per heavy atom. The lowest BCUT2D eigenvalue weighted by molar-refractivity contribution is -0.384.